The zero-order valence-electron chi connectivity index (χ0n) is 7.37. The van der Waals surface area contributed by atoms with E-state index >= 15 is 0 Å². The van der Waals surface area contributed by atoms with E-state index < -0.39 is 0 Å². The zero-order chi connectivity index (χ0) is 9.94. The molecule has 0 aliphatic carbocycles. The van der Waals surface area contributed by atoms with Crippen LogP contribution in [0.1, 0.15) is 0 Å². The maximum atomic E-state index is 8.46. The molecule has 0 aromatic rings. The average Bonchev–Trinajstić information content (AvgIpc) is 2.17. The van der Waals surface area contributed by atoms with Gasteiger partial charge >= 0.3 is 0 Å². The maximum Gasteiger partial charge on any atom is 0.0755 e. The number of rotatable bonds is 6. The lowest BCUT2D eigenvalue weighted by molar-refractivity contribution is 0.472. The Morgan fingerprint density at radius 2 is 1.00 bits per heavy atom. The van der Waals surface area contributed by atoms with E-state index in [1.54, 1.807) is 18.2 Å². The highest BCUT2D eigenvalue weighted by molar-refractivity contribution is 7.58. The molecule has 0 saturated heterocycles. The van der Waals surface area contributed by atoms with Crippen LogP contribution in [0.3, 0.4) is 0 Å². The normalized spacial score (nSPS) is 14.8. The predicted octanol–water partition coefficient (Wildman–Crippen LogP) is 2.68. The van der Waals surface area contributed by atoms with Gasteiger partial charge in [0.2, 0.25) is 0 Å². The van der Waals surface area contributed by atoms with Gasteiger partial charge in [0.25, 0.3) is 0 Å². The van der Waals surface area contributed by atoms with E-state index in [9.17, 15) is 0 Å². The monoisotopic (exact) mass is 202 g/mol. The minimum absolute atomic E-state index is 0.319. The molecule has 0 spiro atoms. The summed E-state index contributed by atoms with van der Waals surface area (Å²) in [4.78, 5) is 0. The van der Waals surface area contributed by atoms with Crippen LogP contribution in [0.4, 0.5) is 0 Å². The van der Waals surface area contributed by atoms with Gasteiger partial charge < -0.3 is 15.3 Å². The Morgan fingerprint density at radius 3 is 1.23 bits per heavy atom. The van der Waals surface area contributed by atoms with Crippen molar-refractivity contribution in [2.75, 3.05) is 18.5 Å². The molecule has 13 heavy (non-hydrogen) atoms. The van der Waals surface area contributed by atoms with Crippen molar-refractivity contribution < 1.29 is 15.3 Å². The molecule has 0 aliphatic heterocycles. The second-order valence-electron chi connectivity index (χ2n) is 2.37. The van der Waals surface area contributed by atoms with E-state index in [0.29, 0.717) is 0 Å². The van der Waals surface area contributed by atoms with E-state index in [-0.39, 0.29) is 7.92 Å². The van der Waals surface area contributed by atoms with Crippen LogP contribution < -0.4 is 0 Å². The second-order valence-corrected chi connectivity index (χ2v) is 4.81. The van der Waals surface area contributed by atoms with Crippen molar-refractivity contribution >= 4 is 7.92 Å². The van der Waals surface area contributed by atoms with Gasteiger partial charge in [-0.2, -0.15) is 0 Å². The molecular formula is C9H15O3P. The van der Waals surface area contributed by atoms with Crippen molar-refractivity contribution in [1.82, 2.24) is 0 Å². The summed E-state index contributed by atoms with van der Waals surface area (Å²) >= 11 is 0. The third kappa shape index (κ3) is 7.41. The van der Waals surface area contributed by atoms with Gasteiger partial charge in [0.05, 0.1) is 18.8 Å². The molecule has 0 atom stereocenters. The average molecular weight is 202 g/mol. The van der Waals surface area contributed by atoms with Crippen LogP contribution in [-0.2, 0) is 0 Å². The fourth-order valence-corrected chi connectivity index (χ4v) is 2.44. The molecule has 3 N–H and O–H groups in total. The predicted molar refractivity (Wildman–Crippen MR) is 56.8 cm³/mol. The largest absolute Gasteiger partial charge is 0.516 e. The van der Waals surface area contributed by atoms with Crippen LogP contribution in [0.2, 0.25) is 0 Å². The van der Waals surface area contributed by atoms with Gasteiger partial charge in [-0.1, -0.05) is 7.92 Å². The molecule has 0 saturated carbocycles. The zero-order valence-corrected chi connectivity index (χ0v) is 8.27. The molecule has 0 aliphatic rings. The van der Waals surface area contributed by atoms with Gasteiger partial charge in [-0.15, -0.1) is 0 Å². The highest BCUT2D eigenvalue weighted by Crippen LogP contribution is 2.35. The number of hydrogen-bond acceptors (Lipinski definition) is 3. The highest BCUT2D eigenvalue weighted by atomic mass is 31.1. The first-order valence-corrected chi connectivity index (χ1v) is 5.85. The summed E-state index contributed by atoms with van der Waals surface area (Å²) in [6.07, 6.45) is 10.5. The first-order chi connectivity index (χ1) is 6.35. The van der Waals surface area contributed by atoms with Gasteiger partial charge in [0, 0.05) is 0 Å². The molecule has 0 amide bonds. The quantitative estimate of drug-likeness (QED) is 0.458. The maximum absolute atomic E-state index is 8.46. The Labute approximate surface area is 79.5 Å². The van der Waals surface area contributed by atoms with E-state index in [1.165, 1.54) is 0 Å². The highest BCUT2D eigenvalue weighted by Gasteiger charge is 2.01. The van der Waals surface area contributed by atoms with E-state index in [1.807, 2.05) is 0 Å². The van der Waals surface area contributed by atoms with Crippen molar-refractivity contribution in [3.05, 3.63) is 37.0 Å². The molecule has 0 aromatic carbocycles. The van der Waals surface area contributed by atoms with Gasteiger partial charge in [-0.3, -0.25) is 0 Å². The van der Waals surface area contributed by atoms with Crippen molar-refractivity contribution in [1.29, 1.82) is 0 Å². The summed E-state index contributed by atoms with van der Waals surface area (Å²) in [6.45, 7) is 0. The Bertz CT molecular complexity index is 154. The van der Waals surface area contributed by atoms with Gasteiger partial charge in [-0.05, 0) is 36.7 Å². The summed E-state index contributed by atoms with van der Waals surface area (Å²) in [7, 11) is -0.319. The van der Waals surface area contributed by atoms with Crippen LogP contribution in [0, 0.1) is 0 Å². The lowest BCUT2D eigenvalue weighted by Gasteiger charge is -2.09. The molecular weight excluding hydrogens is 187 g/mol. The van der Waals surface area contributed by atoms with Crippen LogP contribution >= 0.6 is 7.92 Å². The fourth-order valence-electron chi connectivity index (χ4n) is 0.812. The summed E-state index contributed by atoms with van der Waals surface area (Å²) in [5.41, 5.74) is 0. The number of aliphatic hydroxyl groups is 3. The first-order valence-electron chi connectivity index (χ1n) is 3.95. The van der Waals surface area contributed by atoms with E-state index in [2.05, 4.69) is 0 Å². The van der Waals surface area contributed by atoms with Crippen molar-refractivity contribution in [2.45, 2.75) is 0 Å². The summed E-state index contributed by atoms with van der Waals surface area (Å²) < 4.78 is 0. The summed E-state index contributed by atoms with van der Waals surface area (Å²) in [6, 6.07) is 0. The molecule has 74 valence electrons. The Hall–Kier alpha value is -0.950. The van der Waals surface area contributed by atoms with Gasteiger partial charge in [0.1, 0.15) is 0 Å². The molecule has 0 rings (SSSR count). The Balaban J connectivity index is 3.86. The smallest absolute Gasteiger partial charge is 0.0755 e. The standard InChI is InChI=1S/C9H15O3P/c10-4-1-7-13(8-2-5-11)9-3-6-12/h1-6,10-12H,7-9H2. The molecule has 0 bridgehead atoms. The summed E-state index contributed by atoms with van der Waals surface area (Å²) in [5, 5.41) is 25.4. The molecule has 0 fully saturated rings. The molecule has 0 unspecified atom stereocenters. The molecule has 0 aromatic heterocycles. The topological polar surface area (TPSA) is 60.7 Å². The van der Waals surface area contributed by atoms with Crippen LogP contribution in [-0.4, -0.2) is 33.8 Å². The fraction of sp³-hybridized carbons (Fsp3) is 0.333. The minimum Gasteiger partial charge on any atom is -0.516 e. The van der Waals surface area contributed by atoms with E-state index in [4.69, 9.17) is 15.3 Å². The first kappa shape index (κ1) is 12.0. The van der Waals surface area contributed by atoms with Crippen molar-refractivity contribution in [3.8, 4) is 0 Å². The number of aliphatic hydroxyl groups excluding tert-OH is 3. The van der Waals surface area contributed by atoms with Crippen LogP contribution in [0.5, 0.6) is 0 Å². The molecule has 0 heterocycles. The van der Waals surface area contributed by atoms with Crippen molar-refractivity contribution in [2.24, 2.45) is 0 Å². The van der Waals surface area contributed by atoms with Gasteiger partial charge in [-0.25, -0.2) is 0 Å². The summed E-state index contributed by atoms with van der Waals surface area (Å²) in [5.74, 6) is 0. The van der Waals surface area contributed by atoms with Gasteiger partial charge in [0.15, 0.2) is 0 Å². The molecule has 3 nitrogen and oxygen atoms in total. The lowest BCUT2D eigenvalue weighted by atomic mass is 10.7. The molecule has 4 heteroatoms. The number of allylic oxidation sites excluding steroid dienone is 3. The van der Waals surface area contributed by atoms with E-state index in [0.717, 1.165) is 37.3 Å². The lowest BCUT2D eigenvalue weighted by Crippen LogP contribution is -1.89. The molecule has 0 radical (unpaired) electrons. The third-order valence-electron chi connectivity index (χ3n) is 1.41. The van der Waals surface area contributed by atoms with Crippen LogP contribution in [0.25, 0.3) is 0 Å². The Morgan fingerprint density at radius 1 is 0.692 bits per heavy atom. The third-order valence-corrected chi connectivity index (χ3v) is 3.59. The minimum atomic E-state index is -0.319. The number of hydrogen-bond donors (Lipinski definition) is 3. The van der Waals surface area contributed by atoms with Crippen molar-refractivity contribution in [3.63, 3.8) is 0 Å². The SMILES string of the molecule is OC=CCP(CC=CO)CC=CO. The Kier molecular flexibility index (Phi) is 8.47. The second kappa shape index (κ2) is 9.14. The van der Waals surface area contributed by atoms with Crippen LogP contribution in [0.15, 0.2) is 37.0 Å².